The molecule has 4 rings (SSSR count). The number of hydrogen-bond donors (Lipinski definition) is 1. The van der Waals surface area contributed by atoms with Gasteiger partial charge >= 0.3 is 5.69 Å². The van der Waals surface area contributed by atoms with Crippen molar-refractivity contribution in [1.29, 1.82) is 0 Å². The quantitative estimate of drug-likeness (QED) is 0.463. The lowest BCUT2D eigenvalue weighted by Gasteiger charge is -2.06. The third-order valence-electron chi connectivity index (χ3n) is 4.77. The third-order valence-corrected chi connectivity index (χ3v) is 6.22. The van der Waals surface area contributed by atoms with Crippen molar-refractivity contribution in [3.05, 3.63) is 86.8 Å². The van der Waals surface area contributed by atoms with Crippen molar-refractivity contribution in [3.8, 4) is 0 Å². The van der Waals surface area contributed by atoms with E-state index in [1.165, 1.54) is 46.8 Å². The predicted molar refractivity (Wildman–Crippen MR) is 121 cm³/mol. The van der Waals surface area contributed by atoms with E-state index in [-0.39, 0.29) is 18.1 Å². The second kappa shape index (κ2) is 9.13. The number of fused-ring (bicyclic) bond motifs is 1. The molecule has 0 unspecified atom stereocenters. The van der Waals surface area contributed by atoms with Crippen LogP contribution in [0.4, 0.5) is 4.39 Å². The van der Waals surface area contributed by atoms with Crippen LogP contribution in [0.2, 0.25) is 5.02 Å². The highest BCUT2D eigenvalue weighted by Crippen LogP contribution is 2.31. The highest BCUT2D eigenvalue weighted by molar-refractivity contribution is 7.99. The Kier molecular flexibility index (Phi) is 6.29. The van der Waals surface area contributed by atoms with Crippen LogP contribution in [-0.4, -0.2) is 25.1 Å². The molecule has 0 atom stereocenters. The fraction of sp³-hybridized carbons (Fsp3) is 0.182. The van der Waals surface area contributed by atoms with Gasteiger partial charge < -0.3 is 5.32 Å². The van der Waals surface area contributed by atoms with Crippen LogP contribution in [0.5, 0.6) is 0 Å². The van der Waals surface area contributed by atoms with Gasteiger partial charge in [-0.25, -0.2) is 23.3 Å². The van der Waals surface area contributed by atoms with Gasteiger partial charge in [0.25, 0.3) is 0 Å². The molecule has 2 aromatic carbocycles. The summed E-state index contributed by atoms with van der Waals surface area (Å²) in [5.74, 6) is -0.936. The second-order valence-corrected chi connectivity index (χ2v) is 8.70. The fourth-order valence-corrected chi connectivity index (χ4v) is 4.27. The van der Waals surface area contributed by atoms with Gasteiger partial charge in [-0.05, 0) is 43.2 Å². The van der Waals surface area contributed by atoms with Crippen molar-refractivity contribution >= 4 is 34.9 Å². The van der Waals surface area contributed by atoms with Gasteiger partial charge in [-0.1, -0.05) is 47.1 Å². The van der Waals surface area contributed by atoms with Gasteiger partial charge in [0.15, 0.2) is 5.65 Å². The van der Waals surface area contributed by atoms with Crippen LogP contribution >= 0.6 is 23.4 Å². The Balaban J connectivity index is 1.52. The van der Waals surface area contributed by atoms with Gasteiger partial charge in [0, 0.05) is 23.8 Å². The molecular weight excluding hydrogens is 453 g/mol. The number of carbonyl (C=O) groups excluding carboxylic acids is 1. The number of nitrogens with one attached hydrogen (secondary N) is 1. The molecule has 1 N–H and O–H groups in total. The summed E-state index contributed by atoms with van der Waals surface area (Å²) in [6.45, 7) is 3.93. The maximum atomic E-state index is 13.3. The number of rotatable bonds is 6. The van der Waals surface area contributed by atoms with Crippen LogP contribution in [-0.2, 0) is 17.9 Å². The lowest BCUT2D eigenvalue weighted by Crippen LogP contribution is -2.32. The summed E-state index contributed by atoms with van der Waals surface area (Å²) < 4.78 is 15.7. The standard InChI is InChI=1S/C22H19ClFN5O2S/c1-13-3-6-18(14(2)9-13)32-21-20-27-29(22(31)28(20)8-7-25-21)12-19(30)26-11-15-4-5-17(24)16(23)10-15/h3-10H,11-12H2,1-2H3,(H,26,30). The molecule has 2 aromatic heterocycles. The van der Waals surface area contributed by atoms with Gasteiger partial charge in [-0.3, -0.25) is 4.79 Å². The normalized spacial score (nSPS) is 11.1. The zero-order chi connectivity index (χ0) is 22.8. The molecule has 10 heteroatoms. The van der Waals surface area contributed by atoms with E-state index in [0.29, 0.717) is 16.2 Å². The molecule has 0 aliphatic rings. The smallest absolute Gasteiger partial charge is 0.350 e. The molecule has 1 amide bonds. The van der Waals surface area contributed by atoms with Crippen molar-refractivity contribution in [2.45, 2.75) is 36.9 Å². The number of amides is 1. The maximum absolute atomic E-state index is 13.3. The lowest BCUT2D eigenvalue weighted by molar-refractivity contribution is -0.122. The SMILES string of the molecule is Cc1ccc(Sc2nccn3c(=O)n(CC(=O)NCc4ccc(F)c(Cl)c4)nc23)c(C)c1. The summed E-state index contributed by atoms with van der Waals surface area (Å²) in [7, 11) is 0. The predicted octanol–water partition coefficient (Wildman–Crippen LogP) is 3.77. The van der Waals surface area contributed by atoms with Gasteiger partial charge in [0.2, 0.25) is 5.91 Å². The Morgan fingerprint density at radius 2 is 2.03 bits per heavy atom. The molecule has 0 saturated carbocycles. The summed E-state index contributed by atoms with van der Waals surface area (Å²) in [6, 6.07) is 10.3. The average Bonchev–Trinajstić information content (AvgIpc) is 3.07. The molecule has 4 aromatic rings. The van der Waals surface area contributed by atoms with Crippen LogP contribution in [0, 0.1) is 19.7 Å². The fourth-order valence-electron chi connectivity index (χ4n) is 3.16. The van der Waals surface area contributed by atoms with Crippen molar-refractivity contribution in [2.24, 2.45) is 0 Å². The van der Waals surface area contributed by atoms with Crippen LogP contribution in [0.25, 0.3) is 5.65 Å². The largest absolute Gasteiger partial charge is 0.350 e. The van der Waals surface area contributed by atoms with Crippen LogP contribution < -0.4 is 11.0 Å². The van der Waals surface area contributed by atoms with Gasteiger partial charge in [-0.15, -0.1) is 5.10 Å². The molecule has 7 nitrogen and oxygen atoms in total. The Morgan fingerprint density at radius 3 is 2.78 bits per heavy atom. The Hall–Kier alpha value is -3.17. The van der Waals surface area contributed by atoms with Crippen molar-refractivity contribution in [3.63, 3.8) is 0 Å². The highest BCUT2D eigenvalue weighted by Gasteiger charge is 2.16. The number of halogens is 2. The van der Waals surface area contributed by atoms with E-state index in [2.05, 4.69) is 21.5 Å². The molecule has 0 aliphatic heterocycles. The molecule has 32 heavy (non-hydrogen) atoms. The molecule has 0 saturated heterocycles. The average molecular weight is 472 g/mol. The molecular formula is C22H19ClFN5O2S. The number of aryl methyl sites for hydroxylation is 2. The van der Waals surface area contributed by atoms with E-state index in [1.807, 2.05) is 26.0 Å². The minimum Gasteiger partial charge on any atom is -0.350 e. The maximum Gasteiger partial charge on any atom is 0.350 e. The third kappa shape index (κ3) is 4.68. The van der Waals surface area contributed by atoms with Gasteiger partial charge in [-0.2, -0.15) is 0 Å². The van der Waals surface area contributed by atoms with E-state index in [9.17, 15) is 14.0 Å². The number of nitrogens with zero attached hydrogens (tertiary/aromatic N) is 4. The summed E-state index contributed by atoms with van der Waals surface area (Å²) in [6.07, 6.45) is 3.05. The van der Waals surface area contributed by atoms with Gasteiger partial charge in [0.1, 0.15) is 17.4 Å². The Labute approximate surface area is 192 Å². The van der Waals surface area contributed by atoms with Crippen molar-refractivity contribution in [2.75, 3.05) is 0 Å². The van der Waals surface area contributed by atoms with E-state index in [1.54, 1.807) is 0 Å². The summed E-state index contributed by atoms with van der Waals surface area (Å²) in [4.78, 5) is 30.5. The monoisotopic (exact) mass is 471 g/mol. The first kappa shape index (κ1) is 22.0. The second-order valence-electron chi connectivity index (χ2n) is 7.26. The summed E-state index contributed by atoms with van der Waals surface area (Å²) in [5, 5.41) is 7.56. The first-order valence-corrected chi connectivity index (χ1v) is 10.9. The zero-order valence-corrected chi connectivity index (χ0v) is 18.9. The number of hydrogen-bond acceptors (Lipinski definition) is 5. The molecule has 0 fully saturated rings. The first-order chi connectivity index (χ1) is 15.3. The molecule has 0 bridgehead atoms. The van der Waals surface area contributed by atoms with E-state index in [4.69, 9.17) is 11.6 Å². The van der Waals surface area contributed by atoms with E-state index >= 15 is 0 Å². The van der Waals surface area contributed by atoms with Crippen LogP contribution in [0.1, 0.15) is 16.7 Å². The number of benzene rings is 2. The molecule has 2 heterocycles. The molecule has 0 aliphatic carbocycles. The summed E-state index contributed by atoms with van der Waals surface area (Å²) >= 11 is 7.17. The van der Waals surface area contributed by atoms with E-state index < -0.39 is 17.4 Å². The lowest BCUT2D eigenvalue weighted by atomic mass is 10.2. The van der Waals surface area contributed by atoms with Gasteiger partial charge in [0.05, 0.1) is 5.02 Å². The number of aromatic nitrogens is 4. The Bertz CT molecular complexity index is 1380. The Morgan fingerprint density at radius 1 is 1.22 bits per heavy atom. The van der Waals surface area contributed by atoms with E-state index in [0.717, 1.165) is 20.7 Å². The highest BCUT2D eigenvalue weighted by atomic mass is 35.5. The summed E-state index contributed by atoms with van der Waals surface area (Å²) in [5.41, 5.74) is 2.84. The molecule has 164 valence electrons. The molecule has 0 spiro atoms. The van der Waals surface area contributed by atoms with Crippen molar-refractivity contribution in [1.82, 2.24) is 24.5 Å². The topological polar surface area (TPSA) is 81.3 Å². The van der Waals surface area contributed by atoms with Crippen molar-refractivity contribution < 1.29 is 9.18 Å². The zero-order valence-electron chi connectivity index (χ0n) is 17.3. The van der Waals surface area contributed by atoms with Crippen LogP contribution in [0.3, 0.4) is 0 Å². The minimum absolute atomic E-state index is 0.0188. The minimum atomic E-state index is -0.527. The molecule has 0 radical (unpaired) electrons. The first-order valence-electron chi connectivity index (χ1n) is 9.72. The van der Waals surface area contributed by atoms with Crippen LogP contribution in [0.15, 0.2) is 63.5 Å². The number of carbonyl (C=O) groups is 1.